The van der Waals surface area contributed by atoms with Crippen LogP contribution in [0.4, 0.5) is 5.69 Å². The highest BCUT2D eigenvalue weighted by Gasteiger charge is 2.18. The first-order chi connectivity index (χ1) is 14.4. The SMILES string of the molecule is CCS(=O)(=O)c1ccc(-c2ccc(NC(=O)c3c(OC)cccc3OC)cc2)nn1. The summed E-state index contributed by atoms with van der Waals surface area (Å²) < 4.78 is 34.2. The number of carbonyl (C=O) groups is 1. The van der Waals surface area contributed by atoms with Gasteiger partial charge in [0.15, 0.2) is 14.9 Å². The van der Waals surface area contributed by atoms with Crippen LogP contribution in [0.2, 0.25) is 0 Å². The Bertz CT molecular complexity index is 1120. The first-order valence-corrected chi connectivity index (χ1v) is 10.7. The van der Waals surface area contributed by atoms with Gasteiger partial charge in [-0.15, -0.1) is 10.2 Å². The van der Waals surface area contributed by atoms with E-state index in [1.165, 1.54) is 20.3 Å². The third kappa shape index (κ3) is 4.41. The van der Waals surface area contributed by atoms with Gasteiger partial charge in [-0.3, -0.25) is 4.79 Å². The van der Waals surface area contributed by atoms with Crippen molar-refractivity contribution in [3.8, 4) is 22.8 Å². The summed E-state index contributed by atoms with van der Waals surface area (Å²) in [5.41, 5.74) is 2.12. The second kappa shape index (κ2) is 8.91. The molecule has 0 bridgehead atoms. The lowest BCUT2D eigenvalue weighted by molar-refractivity contribution is 0.102. The molecule has 0 aliphatic carbocycles. The van der Waals surface area contributed by atoms with Gasteiger partial charge in [-0.25, -0.2) is 8.42 Å². The fourth-order valence-electron chi connectivity index (χ4n) is 2.78. The fourth-order valence-corrected chi connectivity index (χ4v) is 3.52. The summed E-state index contributed by atoms with van der Waals surface area (Å²) in [7, 11) is -0.428. The first-order valence-electron chi connectivity index (χ1n) is 9.09. The van der Waals surface area contributed by atoms with Crippen LogP contribution in [0.1, 0.15) is 17.3 Å². The molecule has 0 radical (unpaired) electrons. The Morgan fingerprint density at radius 2 is 1.57 bits per heavy atom. The molecule has 2 aromatic carbocycles. The lowest BCUT2D eigenvalue weighted by atomic mass is 10.1. The van der Waals surface area contributed by atoms with Crippen LogP contribution >= 0.6 is 0 Å². The zero-order valence-electron chi connectivity index (χ0n) is 16.7. The summed E-state index contributed by atoms with van der Waals surface area (Å²) in [6, 6.07) is 15.1. The van der Waals surface area contributed by atoms with Crippen molar-refractivity contribution < 1.29 is 22.7 Å². The van der Waals surface area contributed by atoms with Crippen molar-refractivity contribution in [1.29, 1.82) is 0 Å². The van der Waals surface area contributed by atoms with Crippen molar-refractivity contribution in [3.63, 3.8) is 0 Å². The zero-order chi connectivity index (χ0) is 21.7. The number of methoxy groups -OCH3 is 2. The third-order valence-electron chi connectivity index (χ3n) is 4.43. The van der Waals surface area contributed by atoms with Gasteiger partial charge in [-0.1, -0.05) is 25.1 Å². The number of benzene rings is 2. The van der Waals surface area contributed by atoms with Crippen LogP contribution in [0.15, 0.2) is 59.6 Å². The highest BCUT2D eigenvalue weighted by Crippen LogP contribution is 2.29. The summed E-state index contributed by atoms with van der Waals surface area (Å²) in [5.74, 6) is 0.402. The summed E-state index contributed by atoms with van der Waals surface area (Å²) in [6.45, 7) is 1.55. The number of rotatable bonds is 7. The highest BCUT2D eigenvalue weighted by molar-refractivity contribution is 7.91. The van der Waals surface area contributed by atoms with E-state index in [1.807, 2.05) is 0 Å². The molecular weight excluding hydrogens is 406 g/mol. The van der Waals surface area contributed by atoms with Crippen LogP contribution in [-0.4, -0.2) is 44.5 Å². The van der Waals surface area contributed by atoms with Gasteiger partial charge < -0.3 is 14.8 Å². The van der Waals surface area contributed by atoms with Gasteiger partial charge in [0, 0.05) is 11.3 Å². The molecule has 1 N–H and O–H groups in total. The van der Waals surface area contributed by atoms with Crippen molar-refractivity contribution >= 4 is 21.4 Å². The van der Waals surface area contributed by atoms with E-state index in [0.29, 0.717) is 28.4 Å². The molecule has 0 unspecified atom stereocenters. The van der Waals surface area contributed by atoms with Gasteiger partial charge in [0.2, 0.25) is 0 Å². The maximum Gasteiger partial charge on any atom is 0.263 e. The minimum Gasteiger partial charge on any atom is -0.496 e. The fraction of sp³-hybridized carbons (Fsp3) is 0.190. The maximum atomic E-state index is 12.7. The van der Waals surface area contributed by atoms with E-state index < -0.39 is 9.84 Å². The molecule has 8 nitrogen and oxygen atoms in total. The molecule has 156 valence electrons. The van der Waals surface area contributed by atoms with E-state index in [4.69, 9.17) is 9.47 Å². The number of anilines is 1. The lowest BCUT2D eigenvalue weighted by Gasteiger charge is -2.13. The summed E-state index contributed by atoms with van der Waals surface area (Å²) in [6.07, 6.45) is 0. The molecule has 9 heteroatoms. The third-order valence-corrected chi connectivity index (χ3v) is 6.05. The Hall–Kier alpha value is -3.46. The van der Waals surface area contributed by atoms with Crippen LogP contribution in [0.5, 0.6) is 11.5 Å². The molecule has 0 spiro atoms. The largest absolute Gasteiger partial charge is 0.496 e. The monoisotopic (exact) mass is 427 g/mol. The van der Waals surface area contributed by atoms with E-state index in [2.05, 4.69) is 15.5 Å². The summed E-state index contributed by atoms with van der Waals surface area (Å²) in [5, 5.41) is 10.6. The normalized spacial score (nSPS) is 11.0. The number of sulfone groups is 1. The van der Waals surface area contributed by atoms with Crippen molar-refractivity contribution in [2.75, 3.05) is 25.3 Å². The number of aromatic nitrogens is 2. The van der Waals surface area contributed by atoms with E-state index in [1.54, 1.807) is 55.5 Å². The number of hydrogen-bond donors (Lipinski definition) is 1. The Labute approximate surface area is 174 Å². The highest BCUT2D eigenvalue weighted by atomic mass is 32.2. The Balaban J connectivity index is 1.79. The number of carbonyl (C=O) groups excluding carboxylic acids is 1. The molecule has 1 heterocycles. The molecule has 3 aromatic rings. The number of nitrogens with zero attached hydrogens (tertiary/aromatic N) is 2. The van der Waals surface area contributed by atoms with Crippen molar-refractivity contribution in [2.45, 2.75) is 11.9 Å². The van der Waals surface area contributed by atoms with Crippen LogP contribution in [0.3, 0.4) is 0 Å². The molecule has 0 fully saturated rings. The molecule has 3 rings (SSSR count). The molecule has 0 atom stereocenters. The average Bonchev–Trinajstić information content (AvgIpc) is 2.79. The van der Waals surface area contributed by atoms with Crippen LogP contribution in [0.25, 0.3) is 11.3 Å². The van der Waals surface area contributed by atoms with Crippen molar-refractivity contribution in [1.82, 2.24) is 10.2 Å². The van der Waals surface area contributed by atoms with Crippen molar-refractivity contribution in [3.05, 3.63) is 60.2 Å². The zero-order valence-corrected chi connectivity index (χ0v) is 17.6. The molecule has 0 saturated carbocycles. The van der Waals surface area contributed by atoms with Crippen molar-refractivity contribution in [2.24, 2.45) is 0 Å². The van der Waals surface area contributed by atoms with E-state index in [0.717, 1.165) is 5.56 Å². The Kier molecular flexibility index (Phi) is 6.31. The van der Waals surface area contributed by atoms with Gasteiger partial charge in [0.05, 0.1) is 25.7 Å². The second-order valence-electron chi connectivity index (χ2n) is 6.23. The number of hydrogen-bond acceptors (Lipinski definition) is 7. The number of ether oxygens (including phenoxy) is 2. The van der Waals surface area contributed by atoms with Gasteiger partial charge in [-0.05, 0) is 36.4 Å². The minimum absolute atomic E-state index is 0.0353. The predicted octanol–water partition coefficient (Wildman–Crippen LogP) is 3.21. The van der Waals surface area contributed by atoms with Crippen LogP contribution in [-0.2, 0) is 9.84 Å². The molecule has 0 aliphatic rings. The summed E-state index contributed by atoms with van der Waals surface area (Å²) in [4.78, 5) is 12.7. The topological polar surface area (TPSA) is 107 Å². The first kappa shape index (κ1) is 21.3. The Morgan fingerprint density at radius 1 is 0.933 bits per heavy atom. The molecule has 0 saturated heterocycles. The molecular formula is C21H21N3O5S. The van der Waals surface area contributed by atoms with Crippen LogP contribution in [0, 0.1) is 0 Å². The number of nitrogens with one attached hydrogen (secondary N) is 1. The van der Waals surface area contributed by atoms with Gasteiger partial charge >= 0.3 is 0 Å². The minimum atomic E-state index is -3.40. The molecule has 1 aromatic heterocycles. The summed E-state index contributed by atoms with van der Waals surface area (Å²) >= 11 is 0. The van der Waals surface area contributed by atoms with E-state index in [9.17, 15) is 13.2 Å². The van der Waals surface area contributed by atoms with Gasteiger partial charge in [0.25, 0.3) is 5.91 Å². The predicted molar refractivity (Wildman–Crippen MR) is 113 cm³/mol. The molecule has 0 aliphatic heterocycles. The second-order valence-corrected chi connectivity index (χ2v) is 8.45. The van der Waals surface area contributed by atoms with E-state index >= 15 is 0 Å². The molecule has 1 amide bonds. The van der Waals surface area contributed by atoms with Gasteiger partial charge in [0.1, 0.15) is 17.1 Å². The maximum absolute atomic E-state index is 12.7. The average molecular weight is 427 g/mol. The quantitative estimate of drug-likeness (QED) is 0.617. The number of amides is 1. The van der Waals surface area contributed by atoms with Crippen LogP contribution < -0.4 is 14.8 Å². The Morgan fingerprint density at radius 3 is 2.07 bits per heavy atom. The lowest BCUT2D eigenvalue weighted by Crippen LogP contribution is -2.14. The van der Waals surface area contributed by atoms with E-state index in [-0.39, 0.29) is 16.7 Å². The standard InChI is InChI=1S/C21H21N3O5S/c1-4-30(26,27)19-13-12-16(23-24-19)14-8-10-15(11-9-14)22-21(25)20-17(28-2)6-5-7-18(20)29-3/h5-13H,4H2,1-3H3,(H,22,25). The smallest absolute Gasteiger partial charge is 0.263 e. The molecule has 30 heavy (non-hydrogen) atoms. The van der Waals surface area contributed by atoms with Gasteiger partial charge in [-0.2, -0.15) is 0 Å².